The van der Waals surface area contributed by atoms with Crippen LogP contribution in [0.15, 0.2) is 35.2 Å². The standard InChI is InChI=1S/C13H17N3O3S/c1-9(19-2)8-15-20(17,18)11-4-5-12-10(7-11)3-6-13(14)16-12/h3-7,9,15H,8H2,1-2H3,(H2,14,16). The maximum atomic E-state index is 12.2. The number of benzene rings is 1. The summed E-state index contributed by atoms with van der Waals surface area (Å²) in [6, 6.07) is 8.10. The molecule has 1 aromatic carbocycles. The van der Waals surface area contributed by atoms with E-state index in [0.717, 1.165) is 5.39 Å². The van der Waals surface area contributed by atoms with Gasteiger partial charge in [0.2, 0.25) is 10.0 Å². The van der Waals surface area contributed by atoms with Gasteiger partial charge in [-0.3, -0.25) is 0 Å². The zero-order valence-electron chi connectivity index (χ0n) is 11.3. The van der Waals surface area contributed by atoms with E-state index in [4.69, 9.17) is 10.5 Å². The van der Waals surface area contributed by atoms with Gasteiger partial charge in [0.25, 0.3) is 0 Å². The summed E-state index contributed by atoms with van der Waals surface area (Å²) in [5.41, 5.74) is 6.25. The minimum atomic E-state index is -3.56. The summed E-state index contributed by atoms with van der Waals surface area (Å²) in [6.45, 7) is 2.01. The number of nitrogen functional groups attached to an aromatic ring is 1. The van der Waals surface area contributed by atoms with Crippen molar-refractivity contribution in [2.24, 2.45) is 0 Å². The average Bonchev–Trinajstić information content (AvgIpc) is 2.44. The van der Waals surface area contributed by atoms with Crippen LogP contribution in [-0.4, -0.2) is 33.2 Å². The second-order valence-corrected chi connectivity index (χ2v) is 6.26. The maximum Gasteiger partial charge on any atom is 0.240 e. The molecule has 0 saturated heterocycles. The SMILES string of the molecule is COC(C)CNS(=O)(=O)c1ccc2nc(N)ccc2c1. The lowest BCUT2D eigenvalue weighted by Gasteiger charge is -2.11. The van der Waals surface area contributed by atoms with Crippen LogP contribution in [0, 0.1) is 0 Å². The number of hydrogen-bond acceptors (Lipinski definition) is 5. The third-order valence-corrected chi connectivity index (χ3v) is 4.38. The van der Waals surface area contributed by atoms with E-state index in [-0.39, 0.29) is 17.5 Å². The Hall–Kier alpha value is -1.70. The topological polar surface area (TPSA) is 94.3 Å². The third-order valence-electron chi connectivity index (χ3n) is 2.96. The number of nitrogens with two attached hydrogens (primary N) is 1. The highest BCUT2D eigenvalue weighted by molar-refractivity contribution is 7.89. The quantitative estimate of drug-likeness (QED) is 0.862. The Labute approximate surface area is 118 Å². The predicted molar refractivity (Wildman–Crippen MR) is 77.8 cm³/mol. The Kier molecular flexibility index (Phi) is 4.22. The Bertz CT molecular complexity index is 716. The summed E-state index contributed by atoms with van der Waals surface area (Å²) in [5, 5.41) is 0.724. The fraction of sp³-hybridized carbons (Fsp3) is 0.308. The summed E-state index contributed by atoms with van der Waals surface area (Å²) in [4.78, 5) is 4.32. The van der Waals surface area contributed by atoms with E-state index in [1.54, 1.807) is 31.2 Å². The number of methoxy groups -OCH3 is 1. The van der Waals surface area contributed by atoms with Crippen LogP contribution in [0.4, 0.5) is 5.82 Å². The lowest BCUT2D eigenvalue weighted by atomic mass is 10.2. The monoisotopic (exact) mass is 295 g/mol. The first-order valence-electron chi connectivity index (χ1n) is 6.11. The Balaban J connectivity index is 2.30. The number of aromatic nitrogens is 1. The van der Waals surface area contributed by atoms with Gasteiger partial charge in [0.1, 0.15) is 5.82 Å². The van der Waals surface area contributed by atoms with Crippen molar-refractivity contribution < 1.29 is 13.2 Å². The number of pyridine rings is 1. The predicted octanol–water partition coefficient (Wildman–Crippen LogP) is 1.13. The zero-order valence-corrected chi connectivity index (χ0v) is 12.1. The molecule has 2 rings (SSSR count). The summed E-state index contributed by atoms with van der Waals surface area (Å²) >= 11 is 0. The van der Waals surface area contributed by atoms with Crippen LogP contribution in [0.2, 0.25) is 0 Å². The van der Waals surface area contributed by atoms with E-state index in [1.165, 1.54) is 13.2 Å². The van der Waals surface area contributed by atoms with E-state index < -0.39 is 10.0 Å². The van der Waals surface area contributed by atoms with Gasteiger partial charge in [0, 0.05) is 19.0 Å². The number of ether oxygens (including phenoxy) is 1. The number of nitrogens with one attached hydrogen (secondary N) is 1. The van der Waals surface area contributed by atoms with Crippen molar-refractivity contribution in [1.29, 1.82) is 0 Å². The number of rotatable bonds is 5. The summed E-state index contributed by atoms with van der Waals surface area (Å²) < 4.78 is 31.8. The van der Waals surface area contributed by atoms with Gasteiger partial charge in [0.05, 0.1) is 16.5 Å². The fourth-order valence-electron chi connectivity index (χ4n) is 1.68. The van der Waals surface area contributed by atoms with E-state index in [2.05, 4.69) is 9.71 Å². The molecule has 2 aromatic rings. The van der Waals surface area contributed by atoms with E-state index in [1.807, 2.05) is 0 Å². The van der Waals surface area contributed by atoms with Crippen LogP contribution in [0.25, 0.3) is 10.9 Å². The van der Waals surface area contributed by atoms with Crippen LogP contribution in [0.1, 0.15) is 6.92 Å². The number of nitrogens with zero attached hydrogens (tertiary/aromatic N) is 1. The van der Waals surface area contributed by atoms with Crippen molar-refractivity contribution in [2.75, 3.05) is 19.4 Å². The molecular weight excluding hydrogens is 278 g/mol. The lowest BCUT2D eigenvalue weighted by molar-refractivity contribution is 0.122. The zero-order chi connectivity index (χ0) is 14.8. The number of fused-ring (bicyclic) bond motifs is 1. The molecule has 0 fully saturated rings. The van der Waals surface area contributed by atoms with Gasteiger partial charge in [-0.25, -0.2) is 18.1 Å². The van der Waals surface area contributed by atoms with Gasteiger partial charge in [-0.05, 0) is 37.3 Å². The van der Waals surface area contributed by atoms with E-state index >= 15 is 0 Å². The molecule has 0 spiro atoms. The van der Waals surface area contributed by atoms with Gasteiger partial charge in [-0.1, -0.05) is 0 Å². The Morgan fingerprint density at radius 2 is 2.10 bits per heavy atom. The molecule has 1 aromatic heterocycles. The highest BCUT2D eigenvalue weighted by Crippen LogP contribution is 2.18. The molecule has 20 heavy (non-hydrogen) atoms. The molecule has 1 heterocycles. The van der Waals surface area contributed by atoms with Crippen LogP contribution in [-0.2, 0) is 14.8 Å². The molecule has 1 atom stereocenters. The minimum absolute atomic E-state index is 0.188. The van der Waals surface area contributed by atoms with Crippen LogP contribution in [0.3, 0.4) is 0 Å². The molecule has 0 radical (unpaired) electrons. The lowest BCUT2D eigenvalue weighted by Crippen LogP contribution is -2.31. The third kappa shape index (κ3) is 3.24. The van der Waals surface area contributed by atoms with Gasteiger partial charge in [0.15, 0.2) is 0 Å². The molecule has 7 heteroatoms. The fourth-order valence-corrected chi connectivity index (χ4v) is 2.83. The van der Waals surface area contributed by atoms with E-state index in [9.17, 15) is 8.42 Å². The van der Waals surface area contributed by atoms with Crippen molar-refractivity contribution in [2.45, 2.75) is 17.9 Å². The van der Waals surface area contributed by atoms with Crippen molar-refractivity contribution >= 4 is 26.7 Å². The molecule has 0 saturated carbocycles. The van der Waals surface area contributed by atoms with Gasteiger partial charge < -0.3 is 10.5 Å². The molecule has 6 nitrogen and oxygen atoms in total. The van der Waals surface area contributed by atoms with Gasteiger partial charge in [-0.15, -0.1) is 0 Å². The van der Waals surface area contributed by atoms with Crippen LogP contribution < -0.4 is 10.5 Å². The number of anilines is 1. The highest BCUT2D eigenvalue weighted by Gasteiger charge is 2.15. The first-order chi connectivity index (χ1) is 9.42. The smallest absolute Gasteiger partial charge is 0.240 e. The van der Waals surface area contributed by atoms with Crippen molar-refractivity contribution in [3.63, 3.8) is 0 Å². The molecular formula is C13H17N3O3S. The van der Waals surface area contributed by atoms with Crippen molar-refractivity contribution in [1.82, 2.24) is 9.71 Å². The second-order valence-electron chi connectivity index (χ2n) is 4.49. The molecule has 1 unspecified atom stereocenters. The molecule has 0 amide bonds. The Morgan fingerprint density at radius 1 is 1.35 bits per heavy atom. The number of hydrogen-bond donors (Lipinski definition) is 2. The minimum Gasteiger partial charge on any atom is -0.384 e. The van der Waals surface area contributed by atoms with Crippen molar-refractivity contribution in [3.05, 3.63) is 30.3 Å². The largest absolute Gasteiger partial charge is 0.384 e. The average molecular weight is 295 g/mol. The molecule has 108 valence electrons. The summed E-state index contributed by atoms with van der Waals surface area (Å²) in [6.07, 6.45) is -0.188. The van der Waals surface area contributed by atoms with Gasteiger partial charge >= 0.3 is 0 Å². The number of sulfonamides is 1. The summed E-state index contributed by atoms with van der Waals surface area (Å²) in [5.74, 6) is 0.403. The molecule has 0 aliphatic rings. The molecule has 0 bridgehead atoms. The molecule has 3 N–H and O–H groups in total. The van der Waals surface area contributed by atoms with Crippen LogP contribution in [0.5, 0.6) is 0 Å². The highest BCUT2D eigenvalue weighted by atomic mass is 32.2. The van der Waals surface area contributed by atoms with Crippen molar-refractivity contribution in [3.8, 4) is 0 Å². The first-order valence-corrected chi connectivity index (χ1v) is 7.59. The molecule has 0 aliphatic heterocycles. The Morgan fingerprint density at radius 3 is 2.80 bits per heavy atom. The second kappa shape index (κ2) is 5.74. The van der Waals surface area contributed by atoms with Crippen LogP contribution >= 0.6 is 0 Å². The van der Waals surface area contributed by atoms with Gasteiger partial charge in [-0.2, -0.15) is 0 Å². The summed E-state index contributed by atoms with van der Waals surface area (Å²) in [7, 11) is -2.02. The first kappa shape index (κ1) is 14.7. The molecule has 0 aliphatic carbocycles. The maximum absolute atomic E-state index is 12.2. The normalized spacial score (nSPS) is 13.5. The van der Waals surface area contributed by atoms with E-state index in [0.29, 0.717) is 11.3 Å².